The molecule has 0 saturated carbocycles. The van der Waals surface area contributed by atoms with Gasteiger partial charge in [-0.1, -0.05) is 0 Å². The lowest BCUT2D eigenvalue weighted by Gasteiger charge is -2.46. The summed E-state index contributed by atoms with van der Waals surface area (Å²) in [6.45, 7) is -0.0152. The summed E-state index contributed by atoms with van der Waals surface area (Å²) in [5, 5.41) is 114. The van der Waals surface area contributed by atoms with Gasteiger partial charge in [-0.25, -0.2) is 0 Å². The van der Waals surface area contributed by atoms with Crippen LogP contribution in [-0.2, 0) is 23.7 Å². The number of rotatable bonds is 9. The first kappa shape index (κ1) is 38.2. The Bertz CT molecular complexity index is 1730. The van der Waals surface area contributed by atoms with Crippen molar-refractivity contribution >= 4 is 11.0 Å². The van der Waals surface area contributed by atoms with E-state index in [1.807, 2.05) is 0 Å². The zero-order chi connectivity index (χ0) is 37.6. The number of hydrogen-bond acceptors (Lipinski definition) is 19. The molecule has 52 heavy (non-hydrogen) atoms. The standard InChI is InChI=1S/C33H40O19/c1-11-22(38)25(41)29(45)32(47-11)52-30-27(43)24(40)20(10-46-31-28(44)26(42)23(39)19(9-34)50-31)51-33(30)48-14-6-15(36)21-16(37)8-17(49-18(21)7-14)12-2-4-13(35)5-3-12/h2-8,11,19-20,22-36,38-45H,9-10H2,1H3/t11-,19+,20+,22-,23+,24+,25+,26-,27-,28+,29+,30+,31+,32-,33+/m1/s1. The highest BCUT2D eigenvalue weighted by molar-refractivity contribution is 5.86. The number of aliphatic hydroxyl groups excluding tert-OH is 9. The fourth-order valence-corrected chi connectivity index (χ4v) is 6.17. The van der Waals surface area contributed by atoms with Gasteiger partial charge in [0.15, 0.2) is 24.1 Å². The van der Waals surface area contributed by atoms with Gasteiger partial charge in [-0.05, 0) is 31.2 Å². The third-order valence-corrected chi connectivity index (χ3v) is 9.20. The van der Waals surface area contributed by atoms with Crippen molar-refractivity contribution in [2.45, 2.75) is 99.0 Å². The minimum absolute atomic E-state index is 0.0278. The molecule has 3 aliphatic rings. The molecule has 0 aliphatic carbocycles. The van der Waals surface area contributed by atoms with Crippen LogP contribution in [0.2, 0.25) is 0 Å². The topological polar surface area (TPSA) is 308 Å². The number of aromatic hydroxyl groups is 2. The molecule has 0 amide bonds. The Hall–Kier alpha value is -3.51. The Kier molecular flexibility index (Phi) is 11.4. The molecule has 1 aromatic heterocycles. The number of hydrogen-bond donors (Lipinski definition) is 11. The van der Waals surface area contributed by atoms with E-state index in [1.54, 1.807) is 0 Å². The van der Waals surface area contributed by atoms with Crippen LogP contribution in [0.1, 0.15) is 6.92 Å². The molecule has 0 spiro atoms. The Balaban J connectivity index is 1.30. The van der Waals surface area contributed by atoms with Gasteiger partial charge in [-0.2, -0.15) is 0 Å². The summed E-state index contributed by atoms with van der Waals surface area (Å²) < 4.78 is 39.9. The zero-order valence-electron chi connectivity index (χ0n) is 27.3. The Labute approximate surface area is 293 Å². The van der Waals surface area contributed by atoms with Gasteiger partial charge in [-0.3, -0.25) is 4.79 Å². The van der Waals surface area contributed by atoms with Gasteiger partial charge in [0.1, 0.15) is 95.0 Å². The van der Waals surface area contributed by atoms with Gasteiger partial charge in [-0.15, -0.1) is 0 Å². The molecule has 3 aliphatic heterocycles. The number of aliphatic hydroxyl groups is 9. The highest BCUT2D eigenvalue weighted by Gasteiger charge is 2.52. The molecule has 4 heterocycles. The predicted octanol–water partition coefficient (Wildman–Crippen LogP) is -3.27. The minimum Gasteiger partial charge on any atom is -0.508 e. The number of ether oxygens (including phenoxy) is 6. The SMILES string of the molecule is C[C@H]1O[C@H](O[C@@H]2[C@@H](Oc3cc(O)c4c(=O)cc(-c5ccc(O)cc5)oc4c3)O[C@@H](CO[C@H]3O[C@@H](CO)[C@H](O)[C@@H](O)[C@@H]3O)[C@H](O)[C@H]2O)[C@@H](O)[C@@H](O)[C@@H]1O. The molecular formula is C33H40O19. The number of benzene rings is 2. The normalized spacial score (nSPS) is 38.3. The van der Waals surface area contributed by atoms with Gasteiger partial charge in [0.05, 0.1) is 19.3 Å². The van der Waals surface area contributed by atoms with Crippen molar-refractivity contribution < 1.29 is 89.0 Å². The van der Waals surface area contributed by atoms with Crippen LogP contribution < -0.4 is 10.2 Å². The third-order valence-electron chi connectivity index (χ3n) is 9.20. The molecule has 2 aromatic carbocycles. The molecule has 3 saturated heterocycles. The van der Waals surface area contributed by atoms with Crippen LogP contribution in [0, 0.1) is 0 Å². The first-order valence-corrected chi connectivity index (χ1v) is 16.2. The van der Waals surface area contributed by atoms with Gasteiger partial charge in [0, 0.05) is 23.8 Å². The average molecular weight is 741 g/mol. The highest BCUT2D eigenvalue weighted by atomic mass is 16.8. The lowest BCUT2D eigenvalue weighted by atomic mass is 9.97. The van der Waals surface area contributed by atoms with E-state index in [9.17, 15) is 61.0 Å². The molecule has 11 N–H and O–H groups in total. The van der Waals surface area contributed by atoms with Crippen LogP contribution in [0.4, 0.5) is 0 Å². The van der Waals surface area contributed by atoms with Gasteiger partial charge < -0.3 is 89.0 Å². The summed E-state index contributed by atoms with van der Waals surface area (Å²) in [4.78, 5) is 13.0. The van der Waals surface area contributed by atoms with Crippen LogP contribution in [0.25, 0.3) is 22.3 Å². The molecule has 3 aromatic rings. The monoisotopic (exact) mass is 740 g/mol. The Morgan fingerprint density at radius 3 is 2.02 bits per heavy atom. The van der Waals surface area contributed by atoms with E-state index in [4.69, 9.17) is 32.8 Å². The van der Waals surface area contributed by atoms with Crippen molar-refractivity contribution in [2.24, 2.45) is 0 Å². The van der Waals surface area contributed by atoms with Crippen LogP contribution in [0.15, 0.2) is 51.7 Å². The summed E-state index contributed by atoms with van der Waals surface area (Å²) in [5.74, 6) is -0.751. The van der Waals surface area contributed by atoms with Crippen LogP contribution >= 0.6 is 0 Å². The van der Waals surface area contributed by atoms with E-state index < -0.39 is 117 Å². The van der Waals surface area contributed by atoms with Crippen molar-refractivity contribution in [1.29, 1.82) is 0 Å². The Morgan fingerprint density at radius 1 is 0.692 bits per heavy atom. The van der Waals surface area contributed by atoms with Crippen LogP contribution in [-0.4, -0.2) is 162 Å². The minimum atomic E-state index is -1.93. The molecule has 19 nitrogen and oxygen atoms in total. The van der Waals surface area contributed by atoms with Crippen molar-refractivity contribution in [3.05, 3.63) is 52.7 Å². The molecule has 286 valence electrons. The maximum Gasteiger partial charge on any atom is 0.229 e. The van der Waals surface area contributed by atoms with Crippen molar-refractivity contribution in [1.82, 2.24) is 0 Å². The quantitative estimate of drug-likeness (QED) is 0.102. The Morgan fingerprint density at radius 2 is 1.33 bits per heavy atom. The molecule has 0 radical (unpaired) electrons. The number of fused-ring (bicyclic) bond motifs is 1. The van der Waals surface area contributed by atoms with Crippen molar-refractivity contribution in [2.75, 3.05) is 13.2 Å². The van der Waals surface area contributed by atoms with E-state index in [2.05, 4.69) is 0 Å². The molecule has 15 atom stereocenters. The van der Waals surface area contributed by atoms with Crippen LogP contribution in [0.3, 0.4) is 0 Å². The molecule has 6 rings (SSSR count). The second-order valence-corrected chi connectivity index (χ2v) is 12.8. The fraction of sp³-hybridized carbons (Fsp3) is 0.545. The van der Waals surface area contributed by atoms with E-state index >= 15 is 0 Å². The first-order chi connectivity index (χ1) is 24.7. The lowest BCUT2D eigenvalue weighted by Crippen LogP contribution is -2.65. The number of phenolic OH excluding ortho intramolecular Hbond substituents is 2. The van der Waals surface area contributed by atoms with Gasteiger partial charge in [0.2, 0.25) is 6.29 Å². The smallest absolute Gasteiger partial charge is 0.229 e. The maximum absolute atomic E-state index is 13.0. The van der Waals surface area contributed by atoms with Gasteiger partial charge >= 0.3 is 0 Å². The predicted molar refractivity (Wildman–Crippen MR) is 169 cm³/mol. The summed E-state index contributed by atoms with van der Waals surface area (Å²) >= 11 is 0. The van der Waals surface area contributed by atoms with E-state index in [0.717, 1.165) is 12.1 Å². The highest BCUT2D eigenvalue weighted by Crippen LogP contribution is 2.35. The second-order valence-electron chi connectivity index (χ2n) is 12.8. The largest absolute Gasteiger partial charge is 0.508 e. The lowest BCUT2D eigenvalue weighted by molar-refractivity contribution is -0.360. The summed E-state index contributed by atoms with van der Waals surface area (Å²) in [5.41, 5.74) is -0.358. The summed E-state index contributed by atoms with van der Waals surface area (Å²) in [6, 6.07) is 9.13. The molecule has 19 heteroatoms. The third kappa shape index (κ3) is 7.47. The van der Waals surface area contributed by atoms with E-state index in [1.165, 1.54) is 37.3 Å². The summed E-state index contributed by atoms with van der Waals surface area (Å²) in [7, 11) is 0. The first-order valence-electron chi connectivity index (χ1n) is 16.2. The maximum atomic E-state index is 13.0. The van der Waals surface area contributed by atoms with E-state index in [0.29, 0.717) is 5.56 Å². The van der Waals surface area contributed by atoms with Crippen molar-refractivity contribution in [3.63, 3.8) is 0 Å². The second kappa shape index (κ2) is 15.5. The van der Waals surface area contributed by atoms with Crippen LogP contribution in [0.5, 0.6) is 17.2 Å². The van der Waals surface area contributed by atoms with Crippen molar-refractivity contribution in [3.8, 4) is 28.6 Å². The van der Waals surface area contributed by atoms with Gasteiger partial charge in [0.25, 0.3) is 0 Å². The zero-order valence-corrected chi connectivity index (χ0v) is 27.3. The molecular weight excluding hydrogens is 700 g/mol. The fourth-order valence-electron chi connectivity index (χ4n) is 6.17. The average Bonchev–Trinajstić information content (AvgIpc) is 3.11. The molecule has 0 unspecified atom stereocenters. The summed E-state index contributed by atoms with van der Waals surface area (Å²) in [6.07, 6.45) is -24.8. The number of phenols is 2. The molecule has 0 bridgehead atoms. The molecule has 3 fully saturated rings. The van der Waals surface area contributed by atoms with E-state index in [-0.39, 0.29) is 28.2 Å².